The maximum atomic E-state index is 9.69. The molecule has 0 bridgehead atoms. The number of nitrogens with one attached hydrogen (secondary N) is 1. The van der Waals surface area contributed by atoms with Crippen LogP contribution in [0.15, 0.2) is 36.7 Å². The minimum absolute atomic E-state index is 0.0512. The number of rotatable bonds is 6. The second-order valence-electron chi connectivity index (χ2n) is 6.14. The molecule has 0 saturated carbocycles. The molecule has 0 aliphatic carbocycles. The van der Waals surface area contributed by atoms with Gasteiger partial charge in [-0.25, -0.2) is 4.68 Å². The van der Waals surface area contributed by atoms with E-state index in [4.69, 9.17) is 16.3 Å². The summed E-state index contributed by atoms with van der Waals surface area (Å²) < 4.78 is 7.23. The molecule has 1 aliphatic rings. The second kappa shape index (κ2) is 7.45. The van der Waals surface area contributed by atoms with E-state index in [1.165, 1.54) is 0 Å². The van der Waals surface area contributed by atoms with Crippen molar-refractivity contribution >= 4 is 11.6 Å². The molecule has 0 radical (unpaired) electrons. The van der Waals surface area contributed by atoms with Gasteiger partial charge in [-0.1, -0.05) is 11.6 Å². The third-order valence-electron chi connectivity index (χ3n) is 4.45. The van der Waals surface area contributed by atoms with E-state index in [1.807, 2.05) is 41.3 Å². The summed E-state index contributed by atoms with van der Waals surface area (Å²) in [5.74, 6) is 0. The van der Waals surface area contributed by atoms with Gasteiger partial charge >= 0.3 is 0 Å². The number of nitrogens with zero attached hydrogens (tertiary/aromatic N) is 2. The monoisotopic (exact) mass is 335 g/mol. The van der Waals surface area contributed by atoms with Gasteiger partial charge in [0.2, 0.25) is 0 Å². The van der Waals surface area contributed by atoms with Crippen LogP contribution in [0.4, 0.5) is 0 Å². The van der Waals surface area contributed by atoms with E-state index in [9.17, 15) is 5.11 Å². The number of benzene rings is 1. The molecule has 0 spiro atoms. The average Bonchev–Trinajstić information content (AvgIpc) is 3.05. The van der Waals surface area contributed by atoms with E-state index in [1.54, 1.807) is 0 Å². The molecule has 2 aromatic rings. The molecule has 0 atom stereocenters. The van der Waals surface area contributed by atoms with Crippen LogP contribution >= 0.6 is 11.6 Å². The van der Waals surface area contributed by atoms with Crippen LogP contribution in [0.5, 0.6) is 0 Å². The number of aliphatic hydroxyl groups excluding tert-OH is 1. The summed E-state index contributed by atoms with van der Waals surface area (Å²) in [6.45, 7) is 3.19. The molecule has 0 amide bonds. The first-order valence-electron chi connectivity index (χ1n) is 7.90. The molecule has 2 heterocycles. The molecular weight excluding hydrogens is 314 g/mol. The van der Waals surface area contributed by atoms with Gasteiger partial charge in [0, 0.05) is 48.5 Å². The molecule has 6 heteroatoms. The van der Waals surface area contributed by atoms with Gasteiger partial charge in [0.05, 0.1) is 18.5 Å². The SMILES string of the molecule is OCC1(CNCc2cnn(-c3ccc(Cl)cc3)c2)CCOCC1. The molecule has 0 unspecified atom stereocenters. The Balaban J connectivity index is 1.56. The van der Waals surface area contributed by atoms with Crippen LogP contribution < -0.4 is 5.32 Å². The summed E-state index contributed by atoms with van der Waals surface area (Å²) in [5, 5.41) is 18.2. The topological polar surface area (TPSA) is 59.3 Å². The highest BCUT2D eigenvalue weighted by molar-refractivity contribution is 6.30. The van der Waals surface area contributed by atoms with Gasteiger partial charge < -0.3 is 15.2 Å². The van der Waals surface area contributed by atoms with Crippen LogP contribution in [0.3, 0.4) is 0 Å². The van der Waals surface area contributed by atoms with E-state index in [2.05, 4.69) is 10.4 Å². The van der Waals surface area contributed by atoms with Gasteiger partial charge in [-0.3, -0.25) is 0 Å². The molecule has 124 valence electrons. The normalized spacial score (nSPS) is 17.3. The Bertz CT molecular complexity index is 621. The smallest absolute Gasteiger partial charge is 0.0646 e. The first-order valence-corrected chi connectivity index (χ1v) is 8.27. The van der Waals surface area contributed by atoms with Crippen molar-refractivity contribution in [3.05, 3.63) is 47.2 Å². The van der Waals surface area contributed by atoms with E-state index >= 15 is 0 Å². The van der Waals surface area contributed by atoms with Crippen LogP contribution in [-0.4, -0.2) is 41.3 Å². The number of hydrogen-bond acceptors (Lipinski definition) is 4. The van der Waals surface area contributed by atoms with Crippen LogP contribution in [0.25, 0.3) is 5.69 Å². The fraction of sp³-hybridized carbons (Fsp3) is 0.471. The Kier molecular flexibility index (Phi) is 5.33. The van der Waals surface area contributed by atoms with Crippen molar-refractivity contribution in [1.29, 1.82) is 0 Å². The van der Waals surface area contributed by atoms with Gasteiger partial charge in [0.25, 0.3) is 0 Å². The Morgan fingerprint density at radius 2 is 2.00 bits per heavy atom. The third kappa shape index (κ3) is 4.12. The van der Waals surface area contributed by atoms with Crippen molar-refractivity contribution in [1.82, 2.24) is 15.1 Å². The van der Waals surface area contributed by atoms with Gasteiger partial charge in [-0.15, -0.1) is 0 Å². The molecule has 1 fully saturated rings. The maximum absolute atomic E-state index is 9.69. The number of ether oxygens (including phenoxy) is 1. The highest BCUT2D eigenvalue weighted by Gasteiger charge is 2.31. The summed E-state index contributed by atoms with van der Waals surface area (Å²) in [6.07, 6.45) is 5.67. The van der Waals surface area contributed by atoms with Crippen LogP contribution in [0, 0.1) is 5.41 Å². The van der Waals surface area contributed by atoms with E-state index in [-0.39, 0.29) is 12.0 Å². The summed E-state index contributed by atoms with van der Waals surface area (Å²) in [6, 6.07) is 7.59. The Morgan fingerprint density at radius 3 is 2.70 bits per heavy atom. The van der Waals surface area contributed by atoms with Crippen molar-refractivity contribution in [2.75, 3.05) is 26.4 Å². The minimum atomic E-state index is -0.0512. The summed E-state index contributed by atoms with van der Waals surface area (Å²) in [4.78, 5) is 0. The lowest BCUT2D eigenvalue weighted by atomic mass is 9.81. The zero-order valence-corrected chi connectivity index (χ0v) is 13.8. The van der Waals surface area contributed by atoms with E-state index in [0.717, 1.165) is 50.4 Å². The Morgan fingerprint density at radius 1 is 1.26 bits per heavy atom. The first kappa shape index (κ1) is 16.5. The quantitative estimate of drug-likeness (QED) is 0.851. The fourth-order valence-electron chi connectivity index (χ4n) is 2.85. The van der Waals surface area contributed by atoms with Crippen molar-refractivity contribution in [2.45, 2.75) is 19.4 Å². The molecule has 2 N–H and O–H groups in total. The summed E-state index contributed by atoms with van der Waals surface area (Å²) in [5.41, 5.74) is 2.04. The average molecular weight is 336 g/mol. The zero-order chi connectivity index (χ0) is 16.1. The number of halogens is 1. The third-order valence-corrected chi connectivity index (χ3v) is 4.70. The van der Waals surface area contributed by atoms with Crippen molar-refractivity contribution in [2.24, 2.45) is 5.41 Å². The molecule has 23 heavy (non-hydrogen) atoms. The van der Waals surface area contributed by atoms with Gasteiger partial charge in [-0.05, 0) is 37.1 Å². The Labute approximate surface area is 141 Å². The van der Waals surface area contributed by atoms with Gasteiger partial charge in [0.1, 0.15) is 0 Å². The molecule has 1 aromatic carbocycles. The molecule has 5 nitrogen and oxygen atoms in total. The summed E-state index contributed by atoms with van der Waals surface area (Å²) >= 11 is 5.90. The largest absolute Gasteiger partial charge is 0.396 e. The van der Waals surface area contributed by atoms with Crippen LogP contribution in [0.1, 0.15) is 18.4 Å². The highest BCUT2D eigenvalue weighted by Crippen LogP contribution is 2.29. The standard InChI is InChI=1S/C17H22ClN3O2/c18-15-1-3-16(4-2-15)21-11-14(10-20-21)9-19-12-17(13-22)5-7-23-8-6-17/h1-4,10-11,19,22H,5-9,12-13H2. The van der Waals surface area contributed by atoms with Gasteiger partial charge in [0.15, 0.2) is 0 Å². The van der Waals surface area contributed by atoms with E-state index < -0.39 is 0 Å². The molecule has 3 rings (SSSR count). The molecular formula is C17H22ClN3O2. The minimum Gasteiger partial charge on any atom is -0.396 e. The molecule has 1 aliphatic heterocycles. The van der Waals surface area contributed by atoms with Crippen LogP contribution in [-0.2, 0) is 11.3 Å². The number of hydrogen-bond donors (Lipinski definition) is 2. The molecule has 1 saturated heterocycles. The van der Waals surface area contributed by atoms with Crippen molar-refractivity contribution < 1.29 is 9.84 Å². The highest BCUT2D eigenvalue weighted by atomic mass is 35.5. The number of aliphatic hydroxyl groups is 1. The molecule has 1 aromatic heterocycles. The second-order valence-corrected chi connectivity index (χ2v) is 6.58. The zero-order valence-electron chi connectivity index (χ0n) is 13.0. The van der Waals surface area contributed by atoms with E-state index in [0.29, 0.717) is 5.02 Å². The van der Waals surface area contributed by atoms with Crippen molar-refractivity contribution in [3.63, 3.8) is 0 Å². The lowest BCUT2D eigenvalue weighted by molar-refractivity contribution is -0.0154. The van der Waals surface area contributed by atoms with Crippen molar-refractivity contribution in [3.8, 4) is 5.69 Å². The summed E-state index contributed by atoms with van der Waals surface area (Å²) in [7, 11) is 0. The fourth-order valence-corrected chi connectivity index (χ4v) is 2.98. The Hall–Kier alpha value is -1.40. The number of aromatic nitrogens is 2. The van der Waals surface area contributed by atoms with Crippen LogP contribution in [0.2, 0.25) is 5.02 Å². The maximum Gasteiger partial charge on any atom is 0.0646 e. The predicted octanol–water partition coefficient (Wildman–Crippen LogP) is 2.40. The predicted molar refractivity (Wildman–Crippen MR) is 89.9 cm³/mol. The van der Waals surface area contributed by atoms with Gasteiger partial charge in [-0.2, -0.15) is 5.10 Å². The lowest BCUT2D eigenvalue weighted by Crippen LogP contribution is -2.41. The first-order chi connectivity index (χ1) is 11.2. The lowest BCUT2D eigenvalue weighted by Gasteiger charge is -2.35.